The van der Waals surface area contributed by atoms with E-state index in [9.17, 15) is 19.4 Å². The third-order valence-corrected chi connectivity index (χ3v) is 14.5. The summed E-state index contributed by atoms with van der Waals surface area (Å²) in [6.07, 6.45) is 69.2. The standard InChI is InChI=1S/C61H117N2O6P/c1-6-8-10-12-14-16-18-20-22-24-25-26-27-28-29-30-31-32-33-34-35-36-37-39-40-42-44-46-48-50-52-54-60(64)59(58-69-70(66,67)68-57-56-63(3,4)5)62-61(65)55-53-51-49-47-45-43-41-38-23-21-19-17-15-13-11-9-7-2/h15,17,21,23,44,46,52,54,59-60,64H,6-14,16,18-20,22,24-43,45,47-51,53,55-58H2,1-5H3,(H-,62,65,66,67)/b17-15-,23-21-,46-44+,54-52+. The lowest BCUT2D eigenvalue weighted by molar-refractivity contribution is -0.870. The smallest absolute Gasteiger partial charge is 0.268 e. The molecule has 9 heteroatoms. The highest BCUT2D eigenvalue weighted by Gasteiger charge is 2.23. The summed E-state index contributed by atoms with van der Waals surface area (Å²) < 4.78 is 23.3. The summed E-state index contributed by atoms with van der Waals surface area (Å²) in [4.78, 5) is 25.5. The van der Waals surface area contributed by atoms with Gasteiger partial charge >= 0.3 is 0 Å². The lowest BCUT2D eigenvalue weighted by Crippen LogP contribution is -2.45. The molecule has 0 heterocycles. The predicted octanol–water partition coefficient (Wildman–Crippen LogP) is 17.7. The normalized spacial score (nSPS) is 14.2. The van der Waals surface area contributed by atoms with Crippen molar-refractivity contribution in [3.05, 3.63) is 48.6 Å². The maximum atomic E-state index is 12.9. The summed E-state index contributed by atoms with van der Waals surface area (Å²) in [5.74, 6) is -0.214. The number of phosphoric acid groups is 1. The van der Waals surface area contributed by atoms with Crippen LogP contribution in [0.1, 0.15) is 284 Å². The molecule has 8 nitrogen and oxygen atoms in total. The molecule has 0 saturated carbocycles. The number of hydrogen-bond donors (Lipinski definition) is 2. The van der Waals surface area contributed by atoms with E-state index < -0.39 is 26.6 Å². The summed E-state index contributed by atoms with van der Waals surface area (Å²) in [5.41, 5.74) is 0. The first-order chi connectivity index (χ1) is 34.0. The molecule has 0 aliphatic rings. The maximum absolute atomic E-state index is 12.9. The summed E-state index contributed by atoms with van der Waals surface area (Å²) >= 11 is 0. The van der Waals surface area contributed by atoms with Gasteiger partial charge < -0.3 is 28.8 Å². The largest absolute Gasteiger partial charge is 0.756 e. The van der Waals surface area contributed by atoms with Gasteiger partial charge in [0.1, 0.15) is 13.2 Å². The van der Waals surface area contributed by atoms with Gasteiger partial charge in [0, 0.05) is 6.42 Å². The molecule has 2 N–H and O–H groups in total. The van der Waals surface area contributed by atoms with Crippen molar-refractivity contribution >= 4 is 13.7 Å². The van der Waals surface area contributed by atoms with Crippen LogP contribution < -0.4 is 10.2 Å². The molecule has 0 aliphatic heterocycles. The van der Waals surface area contributed by atoms with Crippen molar-refractivity contribution in [1.29, 1.82) is 0 Å². The first kappa shape index (κ1) is 68.5. The fourth-order valence-corrected chi connectivity index (χ4v) is 9.51. The van der Waals surface area contributed by atoms with Crippen LogP contribution >= 0.6 is 7.82 Å². The summed E-state index contributed by atoms with van der Waals surface area (Å²) in [6, 6.07) is -0.909. The van der Waals surface area contributed by atoms with Gasteiger partial charge in [0.05, 0.1) is 39.9 Å². The minimum absolute atomic E-state index is 0.00879. The van der Waals surface area contributed by atoms with Crippen molar-refractivity contribution in [1.82, 2.24) is 5.32 Å². The van der Waals surface area contributed by atoms with Gasteiger partial charge in [-0.15, -0.1) is 0 Å². The van der Waals surface area contributed by atoms with Gasteiger partial charge in [-0.05, 0) is 64.2 Å². The number of amides is 1. The Morgan fingerprint density at radius 3 is 1.27 bits per heavy atom. The zero-order chi connectivity index (χ0) is 51.3. The fraction of sp³-hybridized carbons (Fsp3) is 0.852. The number of likely N-dealkylation sites (N-methyl/N-ethyl adjacent to an activating group) is 1. The zero-order valence-electron chi connectivity index (χ0n) is 47.0. The van der Waals surface area contributed by atoms with Crippen LogP contribution in [-0.2, 0) is 18.4 Å². The van der Waals surface area contributed by atoms with E-state index in [4.69, 9.17) is 9.05 Å². The molecule has 0 bridgehead atoms. The van der Waals surface area contributed by atoms with Crippen LogP contribution in [0.4, 0.5) is 0 Å². The number of rotatable bonds is 55. The van der Waals surface area contributed by atoms with Crippen LogP contribution in [0.5, 0.6) is 0 Å². The van der Waals surface area contributed by atoms with E-state index in [2.05, 4.69) is 55.6 Å². The second kappa shape index (κ2) is 52.3. The molecule has 0 rings (SSSR count). The van der Waals surface area contributed by atoms with E-state index in [-0.39, 0.29) is 12.5 Å². The highest BCUT2D eigenvalue weighted by molar-refractivity contribution is 7.45. The van der Waals surface area contributed by atoms with Crippen LogP contribution in [0.2, 0.25) is 0 Å². The molecule has 70 heavy (non-hydrogen) atoms. The van der Waals surface area contributed by atoms with Gasteiger partial charge in [0.25, 0.3) is 7.82 Å². The van der Waals surface area contributed by atoms with Gasteiger partial charge in [-0.3, -0.25) is 9.36 Å². The lowest BCUT2D eigenvalue weighted by atomic mass is 10.0. The highest BCUT2D eigenvalue weighted by atomic mass is 31.2. The predicted molar refractivity (Wildman–Crippen MR) is 302 cm³/mol. The van der Waals surface area contributed by atoms with E-state index in [1.54, 1.807) is 6.08 Å². The molecular weight excluding hydrogens is 888 g/mol. The molecule has 0 aromatic carbocycles. The number of quaternary nitrogens is 1. The van der Waals surface area contributed by atoms with Crippen molar-refractivity contribution in [2.45, 2.75) is 296 Å². The Hall–Kier alpha value is -1.54. The first-order valence-electron chi connectivity index (χ1n) is 30.0. The third kappa shape index (κ3) is 54.2. The molecule has 3 atom stereocenters. The van der Waals surface area contributed by atoms with E-state index >= 15 is 0 Å². The Labute approximate surface area is 435 Å². The van der Waals surface area contributed by atoms with Crippen molar-refractivity contribution in [2.24, 2.45) is 0 Å². The number of allylic oxidation sites excluding steroid dienone is 7. The van der Waals surface area contributed by atoms with Crippen molar-refractivity contribution in [3.8, 4) is 0 Å². The average Bonchev–Trinajstić information content (AvgIpc) is 3.32. The SMILES string of the molecule is CCCCC/C=C\C/C=C\CCCCCCCCCC(=O)NC(COP(=O)([O-])OCC[N+](C)(C)C)C(O)/C=C/CC/C=C/CCCCCCCCCCCCCCCCCCCCCCCCCCC. The number of unbranched alkanes of at least 4 members (excludes halogenated alkanes) is 36. The van der Waals surface area contributed by atoms with Gasteiger partial charge in [-0.2, -0.15) is 0 Å². The van der Waals surface area contributed by atoms with Gasteiger partial charge in [-0.25, -0.2) is 0 Å². The van der Waals surface area contributed by atoms with E-state index in [1.165, 1.54) is 205 Å². The molecule has 0 aromatic rings. The van der Waals surface area contributed by atoms with Gasteiger partial charge in [0.15, 0.2) is 0 Å². The minimum Gasteiger partial charge on any atom is -0.756 e. The molecule has 1 amide bonds. The van der Waals surface area contributed by atoms with Crippen LogP contribution in [0, 0.1) is 0 Å². The van der Waals surface area contributed by atoms with Gasteiger partial charge in [-0.1, -0.05) is 262 Å². The Bertz CT molecular complexity index is 1280. The molecule has 3 unspecified atom stereocenters. The van der Waals surface area contributed by atoms with Crippen LogP contribution in [0.15, 0.2) is 48.6 Å². The second-order valence-electron chi connectivity index (χ2n) is 21.7. The molecule has 0 spiro atoms. The number of nitrogens with zero attached hydrogens (tertiary/aromatic N) is 1. The number of carbonyl (C=O) groups excluding carboxylic acids is 1. The second-order valence-corrected chi connectivity index (χ2v) is 23.1. The van der Waals surface area contributed by atoms with E-state index in [0.29, 0.717) is 17.4 Å². The molecular formula is C61H117N2O6P. The number of hydrogen-bond acceptors (Lipinski definition) is 6. The molecule has 0 aliphatic carbocycles. The molecule has 0 aromatic heterocycles. The van der Waals surface area contributed by atoms with Crippen molar-refractivity contribution in [3.63, 3.8) is 0 Å². The lowest BCUT2D eigenvalue weighted by Gasteiger charge is -2.29. The number of nitrogens with one attached hydrogen (secondary N) is 1. The monoisotopic (exact) mass is 1000 g/mol. The summed E-state index contributed by atoms with van der Waals surface area (Å²) in [6.45, 7) is 4.62. The summed E-state index contributed by atoms with van der Waals surface area (Å²) in [7, 11) is 1.24. The molecule has 412 valence electrons. The quantitative estimate of drug-likeness (QED) is 0.0272. The van der Waals surface area contributed by atoms with Crippen LogP contribution in [0.3, 0.4) is 0 Å². The topological polar surface area (TPSA) is 108 Å². The van der Waals surface area contributed by atoms with Crippen molar-refractivity contribution < 1.29 is 32.9 Å². The summed E-state index contributed by atoms with van der Waals surface area (Å²) in [5, 5.41) is 13.9. The van der Waals surface area contributed by atoms with E-state index in [0.717, 1.165) is 57.8 Å². The number of aliphatic hydroxyl groups is 1. The third-order valence-electron chi connectivity index (χ3n) is 13.5. The van der Waals surface area contributed by atoms with E-state index in [1.807, 2.05) is 27.2 Å². The average molecular weight is 1010 g/mol. The Balaban J connectivity index is 4.16. The number of phosphoric ester groups is 1. The van der Waals surface area contributed by atoms with Gasteiger partial charge in [0.2, 0.25) is 5.91 Å². The maximum Gasteiger partial charge on any atom is 0.268 e. The molecule has 0 saturated heterocycles. The number of aliphatic hydroxyl groups excluding tert-OH is 1. The zero-order valence-corrected chi connectivity index (χ0v) is 47.9. The number of carbonyl (C=O) groups is 1. The minimum atomic E-state index is -4.61. The van der Waals surface area contributed by atoms with Crippen molar-refractivity contribution in [2.75, 3.05) is 40.9 Å². The van der Waals surface area contributed by atoms with Crippen LogP contribution in [-0.4, -0.2) is 68.5 Å². The molecule has 0 radical (unpaired) electrons. The fourth-order valence-electron chi connectivity index (χ4n) is 8.79. The van der Waals surface area contributed by atoms with Crippen LogP contribution in [0.25, 0.3) is 0 Å². The Morgan fingerprint density at radius 2 is 0.843 bits per heavy atom. The Morgan fingerprint density at radius 1 is 0.500 bits per heavy atom. The Kier molecular flexibility index (Phi) is 51.2. The molecule has 0 fully saturated rings. The highest BCUT2D eigenvalue weighted by Crippen LogP contribution is 2.38. The first-order valence-corrected chi connectivity index (χ1v) is 31.5.